The van der Waals surface area contributed by atoms with Crippen molar-refractivity contribution in [2.45, 2.75) is 26.4 Å². The van der Waals surface area contributed by atoms with Crippen LogP contribution in [0, 0.1) is 0 Å². The summed E-state index contributed by atoms with van der Waals surface area (Å²) in [6.07, 6.45) is 2.84. The molecule has 6 heteroatoms. The SMILES string of the molecule is CCc1ccc(CNC(=NC)NCc2ccc(Cl)nc2)s1. The second-order valence-electron chi connectivity index (χ2n) is 4.49. The number of nitrogens with one attached hydrogen (secondary N) is 2. The molecule has 0 saturated carbocycles. The van der Waals surface area contributed by atoms with Crippen LogP contribution in [-0.2, 0) is 19.5 Å². The van der Waals surface area contributed by atoms with E-state index in [1.54, 1.807) is 19.3 Å². The van der Waals surface area contributed by atoms with Gasteiger partial charge in [-0.05, 0) is 30.2 Å². The molecule has 0 aliphatic carbocycles. The van der Waals surface area contributed by atoms with Gasteiger partial charge in [0.2, 0.25) is 0 Å². The second-order valence-corrected chi connectivity index (χ2v) is 6.13. The maximum absolute atomic E-state index is 5.77. The first-order chi connectivity index (χ1) is 10.2. The number of halogens is 1. The summed E-state index contributed by atoms with van der Waals surface area (Å²) >= 11 is 7.60. The molecule has 112 valence electrons. The van der Waals surface area contributed by atoms with Crippen LogP contribution in [0.3, 0.4) is 0 Å². The van der Waals surface area contributed by atoms with E-state index in [0.717, 1.165) is 24.5 Å². The van der Waals surface area contributed by atoms with Gasteiger partial charge in [-0.25, -0.2) is 4.98 Å². The lowest BCUT2D eigenvalue weighted by atomic mass is 10.3. The van der Waals surface area contributed by atoms with Gasteiger partial charge in [0.1, 0.15) is 5.15 Å². The Bertz CT molecular complexity index is 592. The number of hydrogen-bond donors (Lipinski definition) is 2. The summed E-state index contributed by atoms with van der Waals surface area (Å²) in [5.41, 5.74) is 1.06. The van der Waals surface area contributed by atoms with Crippen molar-refractivity contribution in [2.75, 3.05) is 7.05 Å². The summed E-state index contributed by atoms with van der Waals surface area (Å²) in [7, 11) is 1.77. The molecule has 2 heterocycles. The predicted molar refractivity (Wildman–Crippen MR) is 90.0 cm³/mol. The summed E-state index contributed by atoms with van der Waals surface area (Å²) in [4.78, 5) is 11.0. The molecule has 0 saturated heterocycles. The van der Waals surface area contributed by atoms with Gasteiger partial charge in [-0.1, -0.05) is 24.6 Å². The monoisotopic (exact) mass is 322 g/mol. The van der Waals surface area contributed by atoms with Crippen molar-refractivity contribution in [1.82, 2.24) is 15.6 Å². The summed E-state index contributed by atoms with van der Waals surface area (Å²) in [6.45, 7) is 3.61. The van der Waals surface area contributed by atoms with Gasteiger partial charge in [0.05, 0.1) is 6.54 Å². The first-order valence-corrected chi connectivity index (χ1v) is 8.03. The van der Waals surface area contributed by atoms with E-state index >= 15 is 0 Å². The number of rotatable bonds is 5. The van der Waals surface area contributed by atoms with Crippen molar-refractivity contribution in [3.8, 4) is 0 Å². The fraction of sp³-hybridized carbons (Fsp3) is 0.333. The summed E-state index contributed by atoms with van der Waals surface area (Å²) in [5.74, 6) is 0.774. The zero-order valence-corrected chi connectivity index (χ0v) is 13.8. The summed E-state index contributed by atoms with van der Waals surface area (Å²) in [5, 5.41) is 7.07. The third-order valence-corrected chi connectivity index (χ3v) is 4.42. The highest BCUT2D eigenvalue weighted by atomic mass is 35.5. The van der Waals surface area contributed by atoms with E-state index in [0.29, 0.717) is 11.7 Å². The third-order valence-electron chi connectivity index (χ3n) is 2.97. The molecule has 2 rings (SSSR count). The Morgan fingerprint density at radius 3 is 2.57 bits per heavy atom. The number of nitrogens with zero attached hydrogens (tertiary/aromatic N) is 2. The number of aliphatic imine (C=N–C) groups is 1. The lowest BCUT2D eigenvalue weighted by Gasteiger charge is -2.11. The Hall–Kier alpha value is -1.59. The molecule has 0 spiro atoms. The minimum absolute atomic E-state index is 0.505. The first-order valence-electron chi connectivity index (χ1n) is 6.83. The maximum Gasteiger partial charge on any atom is 0.191 e. The van der Waals surface area contributed by atoms with Crippen LogP contribution in [0.15, 0.2) is 35.5 Å². The molecule has 2 N–H and O–H groups in total. The summed E-state index contributed by atoms with van der Waals surface area (Å²) in [6, 6.07) is 8.07. The van der Waals surface area contributed by atoms with E-state index in [4.69, 9.17) is 11.6 Å². The molecule has 0 bridgehead atoms. The van der Waals surface area contributed by atoms with E-state index in [1.165, 1.54) is 9.75 Å². The van der Waals surface area contributed by atoms with Crippen molar-refractivity contribution >= 4 is 28.9 Å². The predicted octanol–water partition coefficient (Wildman–Crippen LogP) is 3.22. The Kier molecular flexibility index (Phi) is 6.02. The van der Waals surface area contributed by atoms with Crippen LogP contribution in [0.1, 0.15) is 22.2 Å². The van der Waals surface area contributed by atoms with E-state index < -0.39 is 0 Å². The molecule has 0 atom stereocenters. The van der Waals surface area contributed by atoms with Crippen molar-refractivity contribution in [2.24, 2.45) is 4.99 Å². The molecule has 0 fully saturated rings. The lowest BCUT2D eigenvalue weighted by Crippen LogP contribution is -2.36. The highest BCUT2D eigenvalue weighted by Crippen LogP contribution is 2.16. The van der Waals surface area contributed by atoms with Crippen molar-refractivity contribution < 1.29 is 0 Å². The Balaban J connectivity index is 1.81. The molecular weight excluding hydrogens is 304 g/mol. The number of pyridine rings is 1. The molecule has 0 aliphatic rings. The number of guanidine groups is 1. The van der Waals surface area contributed by atoms with E-state index in [1.807, 2.05) is 17.4 Å². The van der Waals surface area contributed by atoms with E-state index in [-0.39, 0.29) is 0 Å². The van der Waals surface area contributed by atoms with Crippen LogP contribution in [0.5, 0.6) is 0 Å². The normalized spacial score (nSPS) is 11.5. The number of thiophene rings is 1. The molecular formula is C15H19ClN4S. The molecule has 2 aromatic rings. The van der Waals surface area contributed by atoms with Gasteiger partial charge < -0.3 is 10.6 Å². The zero-order chi connectivity index (χ0) is 15.1. The molecule has 0 aromatic carbocycles. The quantitative estimate of drug-likeness (QED) is 0.505. The van der Waals surface area contributed by atoms with Gasteiger partial charge in [-0.15, -0.1) is 11.3 Å². The first kappa shape index (κ1) is 15.8. The lowest BCUT2D eigenvalue weighted by molar-refractivity contribution is 0.813. The molecule has 0 aliphatic heterocycles. The Labute approximate surface area is 134 Å². The highest BCUT2D eigenvalue weighted by molar-refractivity contribution is 7.11. The van der Waals surface area contributed by atoms with Gasteiger partial charge in [-0.3, -0.25) is 4.99 Å². The van der Waals surface area contributed by atoms with Gasteiger partial charge in [0.25, 0.3) is 0 Å². The van der Waals surface area contributed by atoms with Crippen LogP contribution in [0.25, 0.3) is 0 Å². The Morgan fingerprint density at radius 2 is 1.95 bits per heavy atom. The maximum atomic E-state index is 5.77. The highest BCUT2D eigenvalue weighted by Gasteiger charge is 2.02. The average Bonchev–Trinajstić information content (AvgIpc) is 2.97. The number of aryl methyl sites for hydroxylation is 1. The van der Waals surface area contributed by atoms with Crippen LogP contribution in [0.2, 0.25) is 5.15 Å². The summed E-state index contributed by atoms with van der Waals surface area (Å²) < 4.78 is 0. The minimum atomic E-state index is 0.505. The van der Waals surface area contributed by atoms with Gasteiger partial charge in [0.15, 0.2) is 5.96 Å². The van der Waals surface area contributed by atoms with Crippen molar-refractivity contribution in [1.29, 1.82) is 0 Å². The van der Waals surface area contributed by atoms with E-state index in [2.05, 4.69) is 39.7 Å². The van der Waals surface area contributed by atoms with Crippen LogP contribution >= 0.6 is 22.9 Å². The molecule has 2 aromatic heterocycles. The molecule has 0 unspecified atom stereocenters. The van der Waals surface area contributed by atoms with Crippen molar-refractivity contribution in [3.05, 3.63) is 50.9 Å². The zero-order valence-electron chi connectivity index (χ0n) is 12.2. The van der Waals surface area contributed by atoms with Crippen LogP contribution < -0.4 is 10.6 Å². The van der Waals surface area contributed by atoms with Crippen LogP contribution in [-0.4, -0.2) is 18.0 Å². The van der Waals surface area contributed by atoms with Gasteiger partial charge in [0, 0.05) is 29.5 Å². The topological polar surface area (TPSA) is 49.3 Å². The number of aromatic nitrogens is 1. The third kappa shape index (κ3) is 5.02. The largest absolute Gasteiger partial charge is 0.352 e. The average molecular weight is 323 g/mol. The molecule has 0 radical (unpaired) electrons. The smallest absolute Gasteiger partial charge is 0.191 e. The Morgan fingerprint density at radius 1 is 1.19 bits per heavy atom. The van der Waals surface area contributed by atoms with Crippen LogP contribution in [0.4, 0.5) is 0 Å². The fourth-order valence-corrected chi connectivity index (χ4v) is 2.81. The van der Waals surface area contributed by atoms with Gasteiger partial charge >= 0.3 is 0 Å². The number of hydrogen-bond acceptors (Lipinski definition) is 3. The van der Waals surface area contributed by atoms with E-state index in [9.17, 15) is 0 Å². The second kappa shape index (κ2) is 8.00. The fourth-order valence-electron chi connectivity index (χ4n) is 1.80. The molecule has 21 heavy (non-hydrogen) atoms. The minimum Gasteiger partial charge on any atom is -0.352 e. The standard InChI is InChI=1S/C15H19ClN4S/c1-3-12-5-6-13(21-12)10-20-15(17-2)19-9-11-4-7-14(16)18-8-11/h4-8H,3,9-10H2,1-2H3,(H2,17,19,20). The van der Waals surface area contributed by atoms with Gasteiger partial charge in [-0.2, -0.15) is 0 Å². The molecule has 0 amide bonds. The van der Waals surface area contributed by atoms with Crippen molar-refractivity contribution in [3.63, 3.8) is 0 Å². The molecule has 4 nitrogen and oxygen atoms in total.